The number of anilines is 1. The highest BCUT2D eigenvalue weighted by Gasteiger charge is 2.34. The van der Waals surface area contributed by atoms with Crippen molar-refractivity contribution in [3.05, 3.63) is 53.6 Å². The van der Waals surface area contributed by atoms with Crippen molar-refractivity contribution in [2.24, 2.45) is 0 Å². The predicted molar refractivity (Wildman–Crippen MR) is 116 cm³/mol. The Hall–Kier alpha value is -2.42. The van der Waals surface area contributed by atoms with Crippen molar-refractivity contribution in [3.63, 3.8) is 0 Å². The van der Waals surface area contributed by atoms with Crippen LogP contribution in [0.15, 0.2) is 47.4 Å². The molecule has 0 aromatic heterocycles. The molecule has 3 rings (SSSR count). The van der Waals surface area contributed by atoms with Gasteiger partial charge in [-0.15, -0.1) is 0 Å². The highest BCUT2D eigenvalue weighted by molar-refractivity contribution is 7.89. The molecule has 0 radical (unpaired) electrons. The van der Waals surface area contributed by atoms with Crippen LogP contribution in [0.4, 0.5) is 5.69 Å². The van der Waals surface area contributed by atoms with Crippen LogP contribution >= 0.6 is 0 Å². The van der Waals surface area contributed by atoms with Crippen LogP contribution < -0.4 is 15.0 Å². The van der Waals surface area contributed by atoms with Gasteiger partial charge in [-0.2, -0.15) is 4.31 Å². The molecule has 2 aromatic carbocycles. The van der Waals surface area contributed by atoms with E-state index in [1.165, 1.54) is 4.31 Å². The van der Waals surface area contributed by atoms with Gasteiger partial charge in [-0.1, -0.05) is 18.2 Å². The number of amides is 1. The Kier molecular flexibility index (Phi) is 6.80. The molecule has 1 saturated heterocycles. The number of carbonyl (C=O) groups excluding carboxylic acids is 1. The Labute approximate surface area is 178 Å². The number of ether oxygens (including phenoxy) is 1. The third-order valence-corrected chi connectivity index (χ3v) is 7.75. The van der Waals surface area contributed by atoms with Crippen LogP contribution in [0.1, 0.15) is 18.1 Å². The van der Waals surface area contributed by atoms with Gasteiger partial charge in [0.15, 0.2) is 6.04 Å². The maximum absolute atomic E-state index is 13.0. The zero-order valence-corrected chi connectivity index (χ0v) is 18.8. The zero-order chi connectivity index (χ0) is 21.9. The largest absolute Gasteiger partial charge is 0.495 e. The average Bonchev–Trinajstić information content (AvgIpc) is 2.75. The highest BCUT2D eigenvalue weighted by Crippen LogP contribution is 2.23. The smallest absolute Gasteiger partial charge is 0.282 e. The molecule has 1 atom stereocenters. The predicted octanol–water partition coefficient (Wildman–Crippen LogP) is 1.23. The van der Waals surface area contributed by atoms with E-state index in [1.807, 2.05) is 39.0 Å². The molecule has 162 valence electrons. The first-order valence-corrected chi connectivity index (χ1v) is 11.5. The molecular weight excluding hydrogens is 402 g/mol. The number of rotatable bonds is 6. The van der Waals surface area contributed by atoms with Crippen molar-refractivity contribution in [3.8, 4) is 5.75 Å². The molecule has 0 aliphatic carbocycles. The molecule has 1 amide bonds. The second-order valence-electron chi connectivity index (χ2n) is 7.72. The zero-order valence-electron chi connectivity index (χ0n) is 17.9. The number of nitrogens with zero attached hydrogens (tertiary/aromatic N) is 1. The molecule has 1 aliphatic rings. The molecule has 0 unspecified atom stereocenters. The number of nitrogens with one attached hydrogen (secondary N) is 2. The number of hydrogen-bond acceptors (Lipinski definition) is 4. The lowest BCUT2D eigenvalue weighted by molar-refractivity contribution is -0.917. The maximum Gasteiger partial charge on any atom is 0.282 e. The Balaban J connectivity index is 1.63. The monoisotopic (exact) mass is 432 g/mol. The molecule has 2 N–H and O–H groups in total. The number of piperazine rings is 1. The normalized spacial score (nSPS) is 16.8. The third kappa shape index (κ3) is 4.66. The van der Waals surface area contributed by atoms with Gasteiger partial charge in [0.2, 0.25) is 10.0 Å². The van der Waals surface area contributed by atoms with Crippen LogP contribution in [0.25, 0.3) is 0 Å². The lowest BCUT2D eigenvalue weighted by Gasteiger charge is -2.34. The van der Waals surface area contributed by atoms with E-state index in [0.29, 0.717) is 42.5 Å². The summed E-state index contributed by atoms with van der Waals surface area (Å²) in [5.41, 5.74) is 2.66. The summed E-state index contributed by atoms with van der Waals surface area (Å²) in [6.45, 7) is 7.67. The van der Waals surface area contributed by atoms with Crippen molar-refractivity contribution >= 4 is 21.6 Å². The minimum absolute atomic E-state index is 0.111. The summed E-state index contributed by atoms with van der Waals surface area (Å²) in [5.74, 6) is 0.498. The second-order valence-corrected chi connectivity index (χ2v) is 9.66. The van der Waals surface area contributed by atoms with Crippen LogP contribution in [0.2, 0.25) is 0 Å². The molecule has 1 aliphatic heterocycles. The van der Waals surface area contributed by atoms with Gasteiger partial charge in [-0.05, 0) is 56.2 Å². The van der Waals surface area contributed by atoms with E-state index in [9.17, 15) is 13.2 Å². The first-order valence-electron chi connectivity index (χ1n) is 10.1. The van der Waals surface area contributed by atoms with E-state index >= 15 is 0 Å². The standard InChI is InChI=1S/C22H29N3O4S/c1-16-9-10-19(15-17(16)2)30(27,28)25-13-11-24(12-14-25)18(3)22(26)23-20-7-5-6-8-21(20)29-4/h5-10,15,18H,11-14H2,1-4H3,(H,23,26)/p+1/t18-/m0/s1. The molecule has 0 bridgehead atoms. The average molecular weight is 433 g/mol. The van der Waals surface area contributed by atoms with Gasteiger partial charge in [0.05, 0.1) is 43.9 Å². The number of para-hydroxylation sites is 2. The van der Waals surface area contributed by atoms with Gasteiger partial charge in [-0.3, -0.25) is 4.79 Å². The van der Waals surface area contributed by atoms with Gasteiger partial charge >= 0.3 is 0 Å². The first-order chi connectivity index (χ1) is 14.2. The second kappa shape index (κ2) is 9.16. The van der Waals surface area contributed by atoms with Gasteiger partial charge in [0, 0.05) is 0 Å². The van der Waals surface area contributed by atoms with Crippen molar-refractivity contribution in [1.82, 2.24) is 4.31 Å². The van der Waals surface area contributed by atoms with Crippen molar-refractivity contribution in [2.45, 2.75) is 31.7 Å². The Bertz CT molecular complexity index is 1010. The molecule has 7 nitrogen and oxygen atoms in total. The summed E-state index contributed by atoms with van der Waals surface area (Å²) in [4.78, 5) is 14.1. The van der Waals surface area contributed by atoms with Crippen molar-refractivity contribution in [2.75, 3.05) is 38.6 Å². The minimum Gasteiger partial charge on any atom is -0.495 e. The quantitative estimate of drug-likeness (QED) is 0.720. The van der Waals surface area contributed by atoms with Crippen LogP contribution in [0, 0.1) is 13.8 Å². The van der Waals surface area contributed by atoms with Crippen molar-refractivity contribution in [1.29, 1.82) is 0 Å². The number of quaternary nitrogens is 1. The lowest BCUT2D eigenvalue weighted by atomic mass is 10.1. The van der Waals surface area contributed by atoms with E-state index in [0.717, 1.165) is 16.0 Å². The maximum atomic E-state index is 13.0. The number of aryl methyl sites for hydroxylation is 2. The summed E-state index contributed by atoms with van der Waals surface area (Å²) < 4.78 is 32.8. The summed E-state index contributed by atoms with van der Waals surface area (Å²) in [6, 6.07) is 12.2. The van der Waals surface area contributed by atoms with Gasteiger partial charge in [-0.25, -0.2) is 8.42 Å². The lowest BCUT2D eigenvalue weighted by Crippen LogP contribution is -3.19. The van der Waals surface area contributed by atoms with Gasteiger partial charge in [0.1, 0.15) is 5.75 Å². The molecule has 8 heteroatoms. The van der Waals surface area contributed by atoms with Crippen LogP contribution in [-0.2, 0) is 14.8 Å². The summed E-state index contributed by atoms with van der Waals surface area (Å²) in [6.07, 6.45) is 0. The SMILES string of the molecule is COc1ccccc1NC(=O)[C@H](C)[NH+]1CCN(S(=O)(=O)c2ccc(C)c(C)c2)CC1. The van der Waals surface area contributed by atoms with E-state index < -0.39 is 10.0 Å². The summed E-state index contributed by atoms with van der Waals surface area (Å²) in [7, 11) is -1.96. The number of methoxy groups -OCH3 is 1. The number of carbonyl (C=O) groups is 1. The molecular formula is C22H30N3O4S+. The molecule has 0 spiro atoms. The topological polar surface area (TPSA) is 80.2 Å². The third-order valence-electron chi connectivity index (χ3n) is 5.85. The Morgan fingerprint density at radius 2 is 1.77 bits per heavy atom. The number of hydrogen-bond donors (Lipinski definition) is 2. The fourth-order valence-corrected chi connectivity index (χ4v) is 5.17. The number of benzene rings is 2. The summed E-state index contributed by atoms with van der Waals surface area (Å²) in [5, 5.41) is 2.92. The fourth-order valence-electron chi connectivity index (χ4n) is 3.64. The van der Waals surface area contributed by atoms with Crippen LogP contribution in [-0.4, -0.2) is 58.0 Å². The molecule has 2 aromatic rings. The van der Waals surface area contributed by atoms with E-state index in [-0.39, 0.29) is 11.9 Å². The van der Waals surface area contributed by atoms with E-state index in [2.05, 4.69) is 5.32 Å². The fraction of sp³-hybridized carbons (Fsp3) is 0.409. The van der Waals surface area contributed by atoms with E-state index in [1.54, 1.807) is 31.4 Å². The summed E-state index contributed by atoms with van der Waals surface area (Å²) >= 11 is 0. The highest BCUT2D eigenvalue weighted by atomic mass is 32.2. The molecule has 30 heavy (non-hydrogen) atoms. The molecule has 1 fully saturated rings. The molecule has 0 saturated carbocycles. The van der Waals surface area contributed by atoms with Crippen LogP contribution in [0.5, 0.6) is 5.75 Å². The van der Waals surface area contributed by atoms with Gasteiger partial charge in [0.25, 0.3) is 5.91 Å². The minimum atomic E-state index is -3.53. The first kappa shape index (κ1) is 22.3. The van der Waals surface area contributed by atoms with Crippen LogP contribution in [0.3, 0.4) is 0 Å². The van der Waals surface area contributed by atoms with E-state index in [4.69, 9.17) is 4.74 Å². The Morgan fingerprint density at radius 1 is 1.10 bits per heavy atom. The Morgan fingerprint density at radius 3 is 2.40 bits per heavy atom. The van der Waals surface area contributed by atoms with Gasteiger partial charge < -0.3 is 15.0 Å². The number of sulfonamides is 1. The molecule has 1 heterocycles. The van der Waals surface area contributed by atoms with Crippen molar-refractivity contribution < 1.29 is 22.8 Å².